The van der Waals surface area contributed by atoms with Crippen LogP contribution in [0.25, 0.3) is 21.9 Å². The van der Waals surface area contributed by atoms with Gasteiger partial charge in [-0.2, -0.15) is 0 Å². The second-order valence-electron chi connectivity index (χ2n) is 20.8. The molecule has 0 fully saturated rings. The van der Waals surface area contributed by atoms with E-state index in [1.165, 1.54) is 0 Å². The topological polar surface area (TPSA) is 75.7 Å². The van der Waals surface area contributed by atoms with E-state index in [9.17, 15) is 4.79 Å². The highest BCUT2D eigenvalue weighted by Gasteiger charge is 2.46. The van der Waals surface area contributed by atoms with E-state index < -0.39 is 22.0 Å². The van der Waals surface area contributed by atoms with Crippen LogP contribution < -0.4 is 18.9 Å². The number of benzene rings is 4. The Kier molecular flexibility index (Phi) is 15.2. The summed E-state index contributed by atoms with van der Waals surface area (Å²) >= 11 is 0. The summed E-state index contributed by atoms with van der Waals surface area (Å²) in [5.74, 6) is 2.92. The number of methoxy groups -OCH3 is 3. The summed E-state index contributed by atoms with van der Waals surface area (Å²) in [6.45, 7) is 34.7. The second-order valence-corrected chi connectivity index (χ2v) is 31.1. The van der Waals surface area contributed by atoms with Gasteiger partial charge in [-0.05, 0) is 100 Å². The van der Waals surface area contributed by atoms with Crippen LogP contribution in [0.4, 0.5) is 0 Å². The minimum Gasteiger partial charge on any atom is -0.496 e. The van der Waals surface area contributed by atoms with Crippen molar-refractivity contribution < 1.29 is 32.6 Å². The first kappa shape index (κ1) is 49.2. The highest BCUT2D eigenvalue weighted by atomic mass is 28.4. The Balaban J connectivity index is 1.81. The quantitative estimate of drug-likeness (QED) is 0.104. The molecule has 0 unspecified atom stereocenters. The molecule has 10 heteroatoms. The molecule has 4 aromatic carbocycles. The summed E-state index contributed by atoms with van der Waals surface area (Å²) in [7, 11) is 0.756. The zero-order valence-corrected chi connectivity index (χ0v) is 43.3. The average Bonchev–Trinajstić information content (AvgIpc) is 3.20. The zero-order valence-electron chi connectivity index (χ0n) is 41.3. The predicted molar refractivity (Wildman–Crippen MR) is 261 cm³/mol. The van der Waals surface area contributed by atoms with E-state index in [1.807, 2.05) is 45.0 Å². The standard InChI is InChI=1S/C52H77NO7Si2/c1-33(2)62(34(3)4,35(5)6)60-31-38-26-41-40(24-25-43(49(41)44(27-38)55-14)58-30-37-22-20-19-21-23-37)48-42-28-39(32-59-61(17,18)52(11,12)13)53(50(54)51(8,9)10)36(7)47(42)45(56-15)29-46(48)57-16/h19-27,29,33-36,39H,28,30-32H2,1-18H3/t36-,39-/m0/s1. The number of hydrogen-bond donors (Lipinski definition) is 0. The summed E-state index contributed by atoms with van der Waals surface area (Å²) in [4.78, 5) is 16.6. The molecule has 1 heterocycles. The van der Waals surface area contributed by atoms with Gasteiger partial charge in [-0.1, -0.05) is 113 Å². The SMILES string of the molecule is COc1cc(OC)c2c(c1-c1ccc(OCc3ccccc3)c3c(OC)cc(CO[Si](C(C)C)(C(C)C)C(C)C)cc13)C[C@@H](CO[Si](C)(C)C(C)(C)C)N(C(=O)C(C)(C)C)[C@H]2C. The van der Waals surface area contributed by atoms with Crippen molar-refractivity contribution in [3.63, 3.8) is 0 Å². The summed E-state index contributed by atoms with van der Waals surface area (Å²) < 4.78 is 39.7. The molecule has 2 atom stereocenters. The molecule has 0 bridgehead atoms. The van der Waals surface area contributed by atoms with Gasteiger partial charge in [0.05, 0.1) is 52.0 Å². The van der Waals surface area contributed by atoms with E-state index in [4.69, 9.17) is 27.8 Å². The van der Waals surface area contributed by atoms with Crippen molar-refractivity contribution in [3.8, 4) is 34.1 Å². The molecule has 1 amide bonds. The molecular formula is C52H77NO7Si2. The van der Waals surface area contributed by atoms with Crippen LogP contribution in [-0.2, 0) is 33.3 Å². The third kappa shape index (κ3) is 9.64. The number of nitrogens with zero attached hydrogens (tertiary/aromatic N) is 1. The molecule has 5 rings (SSSR count). The second kappa shape index (κ2) is 19.1. The molecule has 1 aliphatic heterocycles. The van der Waals surface area contributed by atoms with Crippen molar-refractivity contribution in [1.29, 1.82) is 0 Å². The van der Waals surface area contributed by atoms with Crippen LogP contribution in [0.3, 0.4) is 0 Å². The maximum Gasteiger partial charge on any atom is 0.228 e. The molecule has 340 valence electrons. The summed E-state index contributed by atoms with van der Waals surface area (Å²) in [5.41, 5.74) is 6.83. The van der Waals surface area contributed by atoms with Gasteiger partial charge in [0, 0.05) is 22.6 Å². The van der Waals surface area contributed by atoms with Gasteiger partial charge in [0.1, 0.15) is 29.6 Å². The van der Waals surface area contributed by atoms with E-state index in [0.717, 1.165) is 49.9 Å². The lowest BCUT2D eigenvalue weighted by Gasteiger charge is -2.47. The lowest BCUT2D eigenvalue weighted by atomic mass is 9.80. The lowest BCUT2D eigenvalue weighted by molar-refractivity contribution is -0.146. The molecule has 0 radical (unpaired) electrons. The molecule has 1 aliphatic rings. The Morgan fingerprint density at radius 3 is 1.85 bits per heavy atom. The molecule has 0 spiro atoms. The van der Waals surface area contributed by atoms with Gasteiger partial charge in [0.15, 0.2) is 8.32 Å². The number of hydrogen-bond acceptors (Lipinski definition) is 7. The molecule has 0 aromatic heterocycles. The van der Waals surface area contributed by atoms with Crippen molar-refractivity contribution in [2.24, 2.45) is 5.41 Å². The fourth-order valence-corrected chi connectivity index (χ4v) is 16.1. The van der Waals surface area contributed by atoms with Gasteiger partial charge >= 0.3 is 0 Å². The van der Waals surface area contributed by atoms with Crippen LogP contribution in [0.1, 0.15) is 118 Å². The molecule has 0 saturated heterocycles. The van der Waals surface area contributed by atoms with Crippen LogP contribution in [0.15, 0.2) is 60.7 Å². The van der Waals surface area contributed by atoms with Crippen molar-refractivity contribution in [1.82, 2.24) is 4.90 Å². The van der Waals surface area contributed by atoms with Crippen molar-refractivity contribution in [2.75, 3.05) is 27.9 Å². The predicted octanol–water partition coefficient (Wildman–Crippen LogP) is 13.7. The number of ether oxygens (including phenoxy) is 4. The Morgan fingerprint density at radius 1 is 0.726 bits per heavy atom. The van der Waals surface area contributed by atoms with Crippen LogP contribution in [0.2, 0.25) is 34.8 Å². The summed E-state index contributed by atoms with van der Waals surface area (Å²) in [6.07, 6.45) is 0.554. The molecule has 62 heavy (non-hydrogen) atoms. The minimum atomic E-state index is -2.21. The highest BCUT2D eigenvalue weighted by Crippen LogP contribution is 2.52. The largest absolute Gasteiger partial charge is 0.496 e. The van der Waals surface area contributed by atoms with Crippen LogP contribution in [-0.4, -0.2) is 61.4 Å². The van der Waals surface area contributed by atoms with Gasteiger partial charge < -0.3 is 32.7 Å². The summed E-state index contributed by atoms with van der Waals surface area (Å²) in [5, 5.41) is 1.86. The molecule has 4 aromatic rings. The maximum atomic E-state index is 14.6. The highest BCUT2D eigenvalue weighted by molar-refractivity contribution is 6.77. The lowest BCUT2D eigenvalue weighted by Crippen LogP contribution is -2.54. The Hall–Kier alpha value is -3.84. The Labute approximate surface area is 376 Å². The minimum absolute atomic E-state index is 0.00698. The molecule has 0 aliphatic carbocycles. The normalized spacial score (nSPS) is 16.3. The van der Waals surface area contributed by atoms with E-state index >= 15 is 0 Å². The fraction of sp³-hybridized carbons (Fsp3) is 0.558. The van der Waals surface area contributed by atoms with Crippen LogP contribution >= 0.6 is 0 Å². The first-order valence-electron chi connectivity index (χ1n) is 22.6. The van der Waals surface area contributed by atoms with Gasteiger partial charge in [0.2, 0.25) is 14.2 Å². The van der Waals surface area contributed by atoms with Crippen LogP contribution in [0, 0.1) is 5.41 Å². The Morgan fingerprint density at radius 2 is 1.32 bits per heavy atom. The van der Waals surface area contributed by atoms with E-state index in [1.54, 1.807) is 21.3 Å². The first-order chi connectivity index (χ1) is 28.9. The van der Waals surface area contributed by atoms with Gasteiger partial charge in [0.25, 0.3) is 0 Å². The first-order valence-corrected chi connectivity index (χ1v) is 27.7. The number of fused-ring (bicyclic) bond motifs is 2. The number of amides is 1. The smallest absolute Gasteiger partial charge is 0.228 e. The average molecular weight is 884 g/mol. The molecular weight excluding hydrogens is 807 g/mol. The fourth-order valence-electron chi connectivity index (χ4n) is 9.67. The maximum absolute atomic E-state index is 14.6. The van der Waals surface area contributed by atoms with Crippen molar-refractivity contribution >= 4 is 33.3 Å². The van der Waals surface area contributed by atoms with E-state index in [2.05, 4.69) is 124 Å². The third-order valence-electron chi connectivity index (χ3n) is 13.9. The Bertz CT molecular complexity index is 2160. The molecule has 0 saturated carbocycles. The van der Waals surface area contributed by atoms with Gasteiger partial charge in [-0.3, -0.25) is 4.79 Å². The monoisotopic (exact) mass is 884 g/mol. The van der Waals surface area contributed by atoms with Crippen molar-refractivity contribution in [2.45, 2.75) is 156 Å². The number of carbonyl (C=O) groups excluding carboxylic acids is 1. The summed E-state index contributed by atoms with van der Waals surface area (Å²) in [6, 6.07) is 20.3. The zero-order chi connectivity index (χ0) is 46.1. The van der Waals surface area contributed by atoms with Crippen molar-refractivity contribution in [3.05, 3.63) is 82.9 Å². The van der Waals surface area contributed by atoms with Gasteiger partial charge in [-0.15, -0.1) is 0 Å². The third-order valence-corrected chi connectivity index (χ3v) is 24.4. The molecule has 8 nitrogen and oxygen atoms in total. The number of carbonyl (C=O) groups is 1. The van der Waals surface area contributed by atoms with E-state index in [0.29, 0.717) is 60.1 Å². The number of rotatable bonds is 16. The van der Waals surface area contributed by atoms with Gasteiger partial charge in [-0.25, -0.2) is 0 Å². The van der Waals surface area contributed by atoms with E-state index in [-0.39, 0.29) is 23.0 Å². The molecule has 0 N–H and O–H groups in total. The van der Waals surface area contributed by atoms with Crippen LogP contribution in [0.5, 0.6) is 23.0 Å².